The van der Waals surface area contributed by atoms with Crippen LogP contribution in [0.3, 0.4) is 0 Å². The van der Waals surface area contributed by atoms with Gasteiger partial charge in [0.25, 0.3) is 0 Å². The van der Waals surface area contributed by atoms with E-state index in [1.165, 1.54) is 0 Å². The number of rotatable bonds is 5. The molecule has 0 fully saturated rings. The van der Waals surface area contributed by atoms with Gasteiger partial charge in [0.2, 0.25) is 0 Å². The van der Waals surface area contributed by atoms with E-state index in [0.29, 0.717) is 5.02 Å². The molecule has 0 saturated heterocycles. The van der Waals surface area contributed by atoms with Crippen LogP contribution < -0.4 is 16.0 Å². The van der Waals surface area contributed by atoms with Crippen LogP contribution in [0.5, 0.6) is 5.75 Å². The van der Waals surface area contributed by atoms with Gasteiger partial charge in [0.15, 0.2) is 0 Å². The predicted molar refractivity (Wildman–Crippen MR) is 82.8 cm³/mol. The van der Waals surface area contributed by atoms with Gasteiger partial charge in [-0.1, -0.05) is 35.9 Å². The van der Waals surface area contributed by atoms with Crippen LogP contribution in [0.25, 0.3) is 0 Å². The number of nitrogens with one attached hydrogen (secondary N) is 1. The molecule has 1 atom stereocenters. The molecule has 4 heteroatoms. The summed E-state index contributed by atoms with van der Waals surface area (Å²) in [5, 5.41) is 0.710. The van der Waals surface area contributed by atoms with Gasteiger partial charge in [0.05, 0.1) is 12.1 Å². The molecule has 0 heterocycles. The Morgan fingerprint density at radius 3 is 2.35 bits per heavy atom. The highest BCUT2D eigenvalue weighted by Gasteiger charge is 2.13. The Kier molecular flexibility index (Phi) is 5.01. The average Bonchev–Trinajstić information content (AvgIpc) is 2.41. The molecule has 0 aliphatic heterocycles. The van der Waals surface area contributed by atoms with Gasteiger partial charge < -0.3 is 4.74 Å². The standard InChI is InChI=1S/C16H19ClN2O/c1-11(2)20-15-5-3-4-13(10-15)16(19-18)12-6-8-14(17)9-7-12/h3-11,16,19H,18H2,1-2H3. The molecule has 0 bridgehead atoms. The number of hydrazine groups is 1. The summed E-state index contributed by atoms with van der Waals surface area (Å²) in [6.07, 6.45) is 0.144. The van der Waals surface area contributed by atoms with E-state index in [4.69, 9.17) is 22.2 Å². The summed E-state index contributed by atoms with van der Waals surface area (Å²) >= 11 is 5.92. The quantitative estimate of drug-likeness (QED) is 0.652. The number of ether oxygens (including phenoxy) is 1. The van der Waals surface area contributed by atoms with Crippen molar-refractivity contribution in [1.82, 2.24) is 5.43 Å². The van der Waals surface area contributed by atoms with Crippen LogP contribution in [0.15, 0.2) is 48.5 Å². The maximum Gasteiger partial charge on any atom is 0.120 e. The average molecular weight is 291 g/mol. The molecule has 2 aromatic carbocycles. The molecule has 2 aromatic rings. The molecule has 1 unspecified atom stereocenters. The summed E-state index contributed by atoms with van der Waals surface area (Å²) in [5.41, 5.74) is 4.94. The molecule has 2 rings (SSSR count). The molecule has 106 valence electrons. The maximum absolute atomic E-state index is 5.92. The van der Waals surface area contributed by atoms with Gasteiger partial charge in [-0.2, -0.15) is 0 Å². The van der Waals surface area contributed by atoms with Crippen molar-refractivity contribution in [2.45, 2.75) is 26.0 Å². The van der Waals surface area contributed by atoms with Crippen molar-refractivity contribution in [2.24, 2.45) is 5.84 Å². The van der Waals surface area contributed by atoms with Gasteiger partial charge in [0.1, 0.15) is 5.75 Å². The first kappa shape index (κ1) is 14.9. The SMILES string of the molecule is CC(C)Oc1cccc(C(NN)c2ccc(Cl)cc2)c1. The van der Waals surface area contributed by atoms with E-state index in [-0.39, 0.29) is 12.1 Å². The van der Waals surface area contributed by atoms with E-state index in [0.717, 1.165) is 16.9 Å². The molecule has 0 aliphatic rings. The van der Waals surface area contributed by atoms with Crippen molar-refractivity contribution < 1.29 is 4.74 Å². The van der Waals surface area contributed by atoms with E-state index in [1.807, 2.05) is 62.4 Å². The summed E-state index contributed by atoms with van der Waals surface area (Å²) in [7, 11) is 0. The lowest BCUT2D eigenvalue weighted by atomic mass is 9.99. The van der Waals surface area contributed by atoms with Gasteiger partial charge in [-0.3, -0.25) is 5.84 Å². The molecular formula is C16H19ClN2O. The van der Waals surface area contributed by atoms with Crippen LogP contribution in [0.1, 0.15) is 31.0 Å². The topological polar surface area (TPSA) is 47.3 Å². The summed E-state index contributed by atoms with van der Waals surface area (Å²) < 4.78 is 5.71. The van der Waals surface area contributed by atoms with Crippen molar-refractivity contribution in [1.29, 1.82) is 0 Å². The van der Waals surface area contributed by atoms with E-state index < -0.39 is 0 Å². The minimum atomic E-state index is -0.0945. The minimum absolute atomic E-state index is 0.0945. The lowest BCUT2D eigenvalue weighted by Crippen LogP contribution is -2.28. The second kappa shape index (κ2) is 6.75. The Morgan fingerprint density at radius 1 is 1.05 bits per heavy atom. The van der Waals surface area contributed by atoms with Crippen LogP contribution >= 0.6 is 11.6 Å². The van der Waals surface area contributed by atoms with Gasteiger partial charge in [0, 0.05) is 5.02 Å². The Bertz CT molecular complexity index is 555. The lowest BCUT2D eigenvalue weighted by Gasteiger charge is -2.18. The van der Waals surface area contributed by atoms with Crippen molar-refractivity contribution in [3.63, 3.8) is 0 Å². The number of hydrogen-bond acceptors (Lipinski definition) is 3. The minimum Gasteiger partial charge on any atom is -0.491 e. The first-order chi connectivity index (χ1) is 9.60. The van der Waals surface area contributed by atoms with E-state index in [9.17, 15) is 0 Å². The largest absolute Gasteiger partial charge is 0.491 e. The fourth-order valence-electron chi connectivity index (χ4n) is 2.08. The van der Waals surface area contributed by atoms with Crippen molar-refractivity contribution in [2.75, 3.05) is 0 Å². The maximum atomic E-state index is 5.92. The first-order valence-electron chi connectivity index (χ1n) is 6.58. The third-order valence-electron chi connectivity index (χ3n) is 2.93. The molecule has 3 N–H and O–H groups in total. The normalized spacial score (nSPS) is 12.4. The molecule has 0 amide bonds. The highest BCUT2D eigenvalue weighted by molar-refractivity contribution is 6.30. The third-order valence-corrected chi connectivity index (χ3v) is 3.19. The van der Waals surface area contributed by atoms with Crippen LogP contribution in [-0.2, 0) is 0 Å². The van der Waals surface area contributed by atoms with Crippen LogP contribution in [0.4, 0.5) is 0 Å². The van der Waals surface area contributed by atoms with E-state index in [1.54, 1.807) is 0 Å². The highest BCUT2D eigenvalue weighted by Crippen LogP contribution is 2.26. The lowest BCUT2D eigenvalue weighted by molar-refractivity contribution is 0.242. The predicted octanol–water partition coefficient (Wildman–Crippen LogP) is 3.68. The van der Waals surface area contributed by atoms with Crippen molar-refractivity contribution >= 4 is 11.6 Å². The molecule has 0 aliphatic carbocycles. The first-order valence-corrected chi connectivity index (χ1v) is 6.96. The number of hydrogen-bond donors (Lipinski definition) is 2. The van der Waals surface area contributed by atoms with E-state index in [2.05, 4.69) is 5.43 Å². The van der Waals surface area contributed by atoms with Crippen molar-refractivity contribution in [3.05, 3.63) is 64.7 Å². The van der Waals surface area contributed by atoms with Crippen molar-refractivity contribution in [3.8, 4) is 5.75 Å². The molecule has 0 saturated carbocycles. The second-order valence-corrected chi connectivity index (χ2v) is 5.33. The zero-order valence-corrected chi connectivity index (χ0v) is 12.4. The van der Waals surface area contributed by atoms with Gasteiger partial charge in [-0.15, -0.1) is 0 Å². The molecule has 20 heavy (non-hydrogen) atoms. The smallest absolute Gasteiger partial charge is 0.120 e. The summed E-state index contributed by atoms with van der Waals surface area (Å²) in [4.78, 5) is 0. The molecule has 0 radical (unpaired) electrons. The third kappa shape index (κ3) is 3.73. The fraction of sp³-hybridized carbons (Fsp3) is 0.250. The number of nitrogens with two attached hydrogens (primary N) is 1. The Hall–Kier alpha value is -1.55. The fourth-order valence-corrected chi connectivity index (χ4v) is 2.21. The summed E-state index contributed by atoms with van der Waals surface area (Å²) in [6.45, 7) is 4.01. The summed E-state index contributed by atoms with van der Waals surface area (Å²) in [5.74, 6) is 6.54. The van der Waals surface area contributed by atoms with Gasteiger partial charge in [-0.05, 0) is 49.2 Å². The Balaban J connectivity index is 2.29. The Labute approximate surface area is 124 Å². The molecule has 0 spiro atoms. The highest BCUT2D eigenvalue weighted by atomic mass is 35.5. The molecule has 0 aromatic heterocycles. The molecule has 3 nitrogen and oxygen atoms in total. The van der Waals surface area contributed by atoms with Crippen LogP contribution in [0.2, 0.25) is 5.02 Å². The zero-order valence-electron chi connectivity index (χ0n) is 11.6. The second-order valence-electron chi connectivity index (χ2n) is 4.89. The van der Waals surface area contributed by atoms with Gasteiger partial charge in [-0.25, -0.2) is 5.43 Å². The van der Waals surface area contributed by atoms with E-state index >= 15 is 0 Å². The summed E-state index contributed by atoms with van der Waals surface area (Å²) in [6, 6.07) is 15.5. The van der Waals surface area contributed by atoms with Gasteiger partial charge >= 0.3 is 0 Å². The number of benzene rings is 2. The zero-order chi connectivity index (χ0) is 14.5. The van der Waals surface area contributed by atoms with Crippen LogP contribution in [0, 0.1) is 0 Å². The molecular weight excluding hydrogens is 272 g/mol. The number of halogens is 1. The van der Waals surface area contributed by atoms with Crippen LogP contribution in [-0.4, -0.2) is 6.10 Å². The Morgan fingerprint density at radius 2 is 1.75 bits per heavy atom. The monoisotopic (exact) mass is 290 g/mol.